The molecule has 1 aromatic heterocycles. The van der Waals surface area contributed by atoms with Gasteiger partial charge in [-0.1, -0.05) is 47.6 Å². The van der Waals surface area contributed by atoms with Crippen molar-refractivity contribution in [3.05, 3.63) is 41.4 Å². The standard InChI is InChI=1S/C29H38N4O/c1-27(2)11-9-20(10-12-27)25-23(33-26(34)24-13-19(16-30)17-31-24)8-7-22(32-25)21-14-28(3,4)18-29(5,6)15-21/h7-9,17,21H,10-15,18H2,1-6H3,(H,33,34). The van der Waals surface area contributed by atoms with Gasteiger partial charge in [-0.3, -0.25) is 14.8 Å². The van der Waals surface area contributed by atoms with Crippen molar-refractivity contribution in [2.24, 2.45) is 21.2 Å². The topological polar surface area (TPSA) is 78.1 Å². The molecule has 0 radical (unpaired) electrons. The van der Waals surface area contributed by atoms with Crippen LogP contribution in [-0.4, -0.2) is 16.6 Å². The van der Waals surface area contributed by atoms with Crippen molar-refractivity contribution in [2.75, 3.05) is 5.32 Å². The first-order chi connectivity index (χ1) is 15.9. The molecular weight excluding hydrogens is 420 g/mol. The van der Waals surface area contributed by atoms with E-state index < -0.39 is 0 Å². The number of anilines is 1. The number of nitrogens with one attached hydrogen (secondary N) is 1. The van der Waals surface area contributed by atoms with Crippen LogP contribution >= 0.6 is 0 Å². The third kappa shape index (κ3) is 5.49. The van der Waals surface area contributed by atoms with Crippen LogP contribution < -0.4 is 5.32 Å². The molecule has 34 heavy (non-hydrogen) atoms. The summed E-state index contributed by atoms with van der Waals surface area (Å²) in [4.78, 5) is 22.3. The maximum Gasteiger partial charge on any atom is 0.270 e. The number of nitriles is 1. The predicted molar refractivity (Wildman–Crippen MR) is 138 cm³/mol. The summed E-state index contributed by atoms with van der Waals surface area (Å²) < 4.78 is 0. The normalized spacial score (nSPS) is 23.4. The van der Waals surface area contributed by atoms with Gasteiger partial charge in [0.1, 0.15) is 5.71 Å². The van der Waals surface area contributed by atoms with Crippen LogP contribution in [0.3, 0.4) is 0 Å². The Hall–Kier alpha value is -2.74. The number of allylic oxidation sites excluding steroid dienone is 3. The molecule has 0 bridgehead atoms. The average molecular weight is 459 g/mol. The average Bonchev–Trinajstić information content (AvgIpc) is 3.21. The van der Waals surface area contributed by atoms with E-state index in [2.05, 4.69) is 70.1 Å². The van der Waals surface area contributed by atoms with Gasteiger partial charge in [-0.2, -0.15) is 5.26 Å². The van der Waals surface area contributed by atoms with Crippen molar-refractivity contribution in [3.8, 4) is 6.07 Å². The van der Waals surface area contributed by atoms with E-state index in [1.165, 1.54) is 18.2 Å². The highest BCUT2D eigenvalue weighted by molar-refractivity contribution is 6.44. The third-order valence-electron chi connectivity index (χ3n) is 7.55. The molecule has 180 valence electrons. The number of nitrogens with zero attached hydrogens (tertiary/aromatic N) is 3. The van der Waals surface area contributed by atoms with Crippen molar-refractivity contribution in [2.45, 2.75) is 92.4 Å². The Morgan fingerprint density at radius 1 is 1.09 bits per heavy atom. The smallest absolute Gasteiger partial charge is 0.270 e. The highest BCUT2D eigenvalue weighted by atomic mass is 16.1. The molecule has 0 saturated heterocycles. The van der Waals surface area contributed by atoms with Crippen LogP contribution in [0.5, 0.6) is 0 Å². The van der Waals surface area contributed by atoms with Gasteiger partial charge >= 0.3 is 0 Å². The number of hydrogen-bond donors (Lipinski definition) is 1. The van der Waals surface area contributed by atoms with Gasteiger partial charge in [0.05, 0.1) is 23.0 Å². The van der Waals surface area contributed by atoms with Crippen molar-refractivity contribution >= 4 is 22.9 Å². The molecule has 0 spiro atoms. The van der Waals surface area contributed by atoms with Gasteiger partial charge in [-0.25, -0.2) is 0 Å². The van der Waals surface area contributed by atoms with Crippen molar-refractivity contribution < 1.29 is 4.79 Å². The Labute approximate surface area is 204 Å². The lowest BCUT2D eigenvalue weighted by Crippen LogP contribution is -2.33. The summed E-state index contributed by atoms with van der Waals surface area (Å²) in [6, 6.07) is 6.21. The minimum absolute atomic E-state index is 0.256. The number of carbonyl (C=O) groups is 1. The minimum atomic E-state index is -0.256. The molecule has 5 nitrogen and oxygen atoms in total. The number of carbonyl (C=O) groups excluding carboxylic acids is 1. The van der Waals surface area contributed by atoms with Gasteiger partial charge in [-0.15, -0.1) is 0 Å². The Bertz CT molecular complexity index is 1110. The Kier molecular flexibility index (Phi) is 6.31. The third-order valence-corrected chi connectivity index (χ3v) is 7.55. The lowest BCUT2D eigenvalue weighted by atomic mass is 9.61. The Morgan fingerprint density at radius 2 is 1.79 bits per heavy atom. The Morgan fingerprint density at radius 3 is 2.38 bits per heavy atom. The first kappa shape index (κ1) is 24.4. The molecule has 4 rings (SSSR count). The first-order valence-electron chi connectivity index (χ1n) is 12.5. The molecule has 1 aromatic rings. The van der Waals surface area contributed by atoms with E-state index in [-0.39, 0.29) is 23.2 Å². The summed E-state index contributed by atoms with van der Waals surface area (Å²) in [5.41, 5.74) is 5.72. The van der Waals surface area contributed by atoms with Gasteiger partial charge in [0, 0.05) is 24.2 Å². The van der Waals surface area contributed by atoms with Crippen molar-refractivity contribution in [1.82, 2.24) is 4.98 Å². The van der Waals surface area contributed by atoms with Crippen LogP contribution in [0.25, 0.3) is 5.57 Å². The molecule has 0 unspecified atom stereocenters. The molecule has 1 saturated carbocycles. The van der Waals surface area contributed by atoms with E-state index in [4.69, 9.17) is 10.2 Å². The van der Waals surface area contributed by atoms with Crippen LogP contribution in [0, 0.1) is 27.6 Å². The monoisotopic (exact) mass is 458 g/mol. The quantitative estimate of drug-likeness (QED) is 0.519. The second kappa shape index (κ2) is 8.80. The zero-order chi connectivity index (χ0) is 24.7. The fraction of sp³-hybridized carbons (Fsp3) is 0.586. The first-order valence-corrected chi connectivity index (χ1v) is 12.5. The Balaban J connectivity index is 1.66. The highest BCUT2D eigenvalue weighted by Gasteiger charge is 2.39. The highest BCUT2D eigenvalue weighted by Crippen LogP contribution is 2.51. The van der Waals surface area contributed by atoms with Gasteiger partial charge in [0.2, 0.25) is 0 Å². The van der Waals surface area contributed by atoms with E-state index >= 15 is 0 Å². The van der Waals surface area contributed by atoms with Crippen LogP contribution in [-0.2, 0) is 4.79 Å². The largest absolute Gasteiger partial charge is 0.319 e. The second-order valence-electron chi connectivity index (χ2n) is 12.8. The summed E-state index contributed by atoms with van der Waals surface area (Å²) in [6.07, 6.45) is 10.6. The van der Waals surface area contributed by atoms with Crippen LogP contribution in [0.2, 0.25) is 0 Å². The summed E-state index contributed by atoms with van der Waals surface area (Å²) in [7, 11) is 0. The van der Waals surface area contributed by atoms with Crippen LogP contribution in [0.1, 0.15) is 104 Å². The zero-order valence-corrected chi connectivity index (χ0v) is 21.6. The van der Waals surface area contributed by atoms with E-state index in [0.29, 0.717) is 22.6 Å². The molecule has 2 aliphatic carbocycles. The number of rotatable bonds is 4. The van der Waals surface area contributed by atoms with E-state index in [1.54, 1.807) is 0 Å². The molecule has 1 N–H and O–H groups in total. The van der Waals surface area contributed by atoms with Crippen LogP contribution in [0.4, 0.5) is 5.69 Å². The van der Waals surface area contributed by atoms with Gasteiger partial charge in [0.15, 0.2) is 0 Å². The SMILES string of the molecule is CC1(C)CC=C(c2nc(C3CC(C)(C)CC(C)(C)C3)ccc2NC(=O)C2=NC=C(C#N)C2)CC1. The fourth-order valence-corrected chi connectivity index (χ4v) is 6.22. The van der Waals surface area contributed by atoms with E-state index in [9.17, 15) is 4.79 Å². The molecule has 0 aromatic carbocycles. The minimum Gasteiger partial charge on any atom is -0.319 e. The van der Waals surface area contributed by atoms with Gasteiger partial charge < -0.3 is 5.32 Å². The second-order valence-corrected chi connectivity index (χ2v) is 12.8. The molecule has 1 fully saturated rings. The van der Waals surface area contributed by atoms with Gasteiger partial charge in [0.25, 0.3) is 5.91 Å². The van der Waals surface area contributed by atoms with E-state index in [1.807, 2.05) is 6.07 Å². The number of pyridine rings is 1. The predicted octanol–water partition coefficient (Wildman–Crippen LogP) is 7.19. The summed E-state index contributed by atoms with van der Waals surface area (Å²) in [5.74, 6) is 0.151. The molecule has 5 heteroatoms. The summed E-state index contributed by atoms with van der Waals surface area (Å²) >= 11 is 0. The van der Waals surface area contributed by atoms with Crippen molar-refractivity contribution in [3.63, 3.8) is 0 Å². The molecule has 2 heterocycles. The lowest BCUT2D eigenvalue weighted by molar-refractivity contribution is -0.110. The molecule has 3 aliphatic rings. The number of aliphatic imine (C=N–C) groups is 1. The lowest BCUT2D eigenvalue weighted by Gasteiger charge is -2.45. The summed E-state index contributed by atoms with van der Waals surface area (Å²) in [5, 5.41) is 12.2. The van der Waals surface area contributed by atoms with E-state index in [0.717, 1.165) is 49.2 Å². The molecule has 0 atom stereocenters. The number of hydrogen-bond acceptors (Lipinski definition) is 4. The maximum atomic E-state index is 12.9. The molecular formula is C29H38N4O. The number of amides is 1. The number of aromatic nitrogens is 1. The fourth-order valence-electron chi connectivity index (χ4n) is 6.22. The zero-order valence-electron chi connectivity index (χ0n) is 21.6. The maximum absolute atomic E-state index is 12.9. The van der Waals surface area contributed by atoms with Crippen LogP contribution in [0.15, 0.2) is 35.0 Å². The molecule has 1 amide bonds. The van der Waals surface area contributed by atoms with Crippen molar-refractivity contribution in [1.29, 1.82) is 5.26 Å². The summed E-state index contributed by atoms with van der Waals surface area (Å²) in [6.45, 7) is 14.1. The molecule has 1 aliphatic heterocycles. The van der Waals surface area contributed by atoms with Gasteiger partial charge in [-0.05, 0) is 72.5 Å².